The van der Waals surface area contributed by atoms with Crippen molar-refractivity contribution in [2.24, 2.45) is 0 Å². The third-order valence-electron chi connectivity index (χ3n) is 4.30. The highest BCUT2D eigenvalue weighted by Crippen LogP contribution is 2.25. The summed E-state index contributed by atoms with van der Waals surface area (Å²) >= 11 is 0. The SMILES string of the molecule is CC(C)(C)c1ncc2c(n1)CCN(Cc1cccnc1OCC(F)(F)F)C2. The molecule has 0 amide bonds. The van der Waals surface area contributed by atoms with E-state index in [1.54, 1.807) is 12.1 Å². The maximum atomic E-state index is 12.4. The number of nitrogens with zero attached hydrogens (tertiary/aromatic N) is 4. The molecule has 2 aromatic heterocycles. The van der Waals surface area contributed by atoms with E-state index in [1.807, 2.05) is 6.20 Å². The second-order valence-corrected chi connectivity index (χ2v) is 7.75. The largest absolute Gasteiger partial charge is 0.468 e. The molecule has 0 fully saturated rings. The van der Waals surface area contributed by atoms with Gasteiger partial charge in [-0.3, -0.25) is 4.90 Å². The first-order chi connectivity index (χ1) is 12.6. The zero-order valence-corrected chi connectivity index (χ0v) is 15.7. The summed E-state index contributed by atoms with van der Waals surface area (Å²) in [5.74, 6) is 0.852. The molecule has 0 saturated heterocycles. The summed E-state index contributed by atoms with van der Waals surface area (Å²) < 4.78 is 42.2. The third-order valence-corrected chi connectivity index (χ3v) is 4.30. The van der Waals surface area contributed by atoms with Gasteiger partial charge in [-0.05, 0) is 6.07 Å². The first-order valence-corrected chi connectivity index (χ1v) is 8.83. The molecular weight excluding hydrogens is 357 g/mol. The molecule has 1 aliphatic rings. The van der Waals surface area contributed by atoms with Crippen LogP contribution in [0.5, 0.6) is 5.88 Å². The van der Waals surface area contributed by atoms with Crippen molar-refractivity contribution in [3.05, 3.63) is 47.2 Å². The van der Waals surface area contributed by atoms with E-state index in [2.05, 4.69) is 35.6 Å². The molecule has 0 bridgehead atoms. The van der Waals surface area contributed by atoms with Crippen LogP contribution < -0.4 is 4.74 Å². The van der Waals surface area contributed by atoms with Crippen LogP contribution in [0.3, 0.4) is 0 Å². The van der Waals surface area contributed by atoms with E-state index in [4.69, 9.17) is 9.72 Å². The Balaban J connectivity index is 1.70. The van der Waals surface area contributed by atoms with Crippen LogP contribution in [-0.4, -0.2) is 39.2 Å². The molecule has 0 atom stereocenters. The number of pyridine rings is 1. The van der Waals surface area contributed by atoms with Gasteiger partial charge < -0.3 is 4.74 Å². The van der Waals surface area contributed by atoms with Gasteiger partial charge >= 0.3 is 6.18 Å². The normalized spacial score (nSPS) is 15.5. The van der Waals surface area contributed by atoms with Crippen LogP contribution in [0.2, 0.25) is 0 Å². The second kappa shape index (κ2) is 7.42. The van der Waals surface area contributed by atoms with Crippen molar-refractivity contribution < 1.29 is 17.9 Å². The molecule has 0 radical (unpaired) electrons. The minimum absolute atomic E-state index is 0.0277. The van der Waals surface area contributed by atoms with Gasteiger partial charge in [0.1, 0.15) is 5.82 Å². The lowest BCUT2D eigenvalue weighted by Gasteiger charge is -2.29. The summed E-state index contributed by atoms with van der Waals surface area (Å²) in [7, 11) is 0. The molecule has 3 heterocycles. The summed E-state index contributed by atoms with van der Waals surface area (Å²) in [6.07, 6.45) is -0.317. The molecule has 0 aromatic carbocycles. The van der Waals surface area contributed by atoms with E-state index < -0.39 is 12.8 Å². The van der Waals surface area contributed by atoms with E-state index in [0.717, 1.165) is 30.0 Å². The molecule has 1 aliphatic heterocycles. The number of halogens is 3. The van der Waals surface area contributed by atoms with Gasteiger partial charge in [0.2, 0.25) is 5.88 Å². The Morgan fingerprint density at radius 1 is 1.19 bits per heavy atom. The molecule has 0 saturated carbocycles. The molecule has 27 heavy (non-hydrogen) atoms. The summed E-state index contributed by atoms with van der Waals surface area (Å²) in [4.78, 5) is 15.3. The third kappa shape index (κ3) is 5.15. The number of fused-ring (bicyclic) bond motifs is 1. The summed E-state index contributed by atoms with van der Waals surface area (Å²) in [5.41, 5.74) is 2.63. The maximum Gasteiger partial charge on any atom is 0.422 e. The Morgan fingerprint density at radius 2 is 1.96 bits per heavy atom. The Kier molecular flexibility index (Phi) is 5.37. The number of ether oxygens (including phenoxy) is 1. The highest BCUT2D eigenvalue weighted by Gasteiger charge is 2.29. The monoisotopic (exact) mass is 380 g/mol. The molecule has 0 aliphatic carbocycles. The number of rotatable bonds is 4. The lowest BCUT2D eigenvalue weighted by atomic mass is 9.95. The molecule has 5 nitrogen and oxygen atoms in total. The number of hydrogen-bond acceptors (Lipinski definition) is 5. The number of aromatic nitrogens is 3. The van der Waals surface area contributed by atoms with Gasteiger partial charge in [0.25, 0.3) is 0 Å². The fourth-order valence-electron chi connectivity index (χ4n) is 2.94. The van der Waals surface area contributed by atoms with Crippen molar-refractivity contribution in [2.75, 3.05) is 13.2 Å². The molecule has 3 rings (SSSR count). The van der Waals surface area contributed by atoms with E-state index in [-0.39, 0.29) is 11.3 Å². The van der Waals surface area contributed by atoms with Crippen molar-refractivity contribution in [3.8, 4) is 5.88 Å². The highest BCUT2D eigenvalue weighted by molar-refractivity contribution is 5.27. The summed E-state index contributed by atoms with van der Waals surface area (Å²) in [5, 5.41) is 0. The fourth-order valence-corrected chi connectivity index (χ4v) is 2.94. The van der Waals surface area contributed by atoms with Gasteiger partial charge in [0.05, 0.1) is 0 Å². The number of alkyl halides is 3. The molecule has 146 valence electrons. The van der Waals surface area contributed by atoms with Gasteiger partial charge in [-0.1, -0.05) is 26.8 Å². The van der Waals surface area contributed by atoms with E-state index in [9.17, 15) is 13.2 Å². The van der Waals surface area contributed by atoms with Gasteiger partial charge in [-0.25, -0.2) is 15.0 Å². The second-order valence-electron chi connectivity index (χ2n) is 7.75. The zero-order valence-electron chi connectivity index (χ0n) is 15.7. The average molecular weight is 380 g/mol. The van der Waals surface area contributed by atoms with Gasteiger partial charge in [-0.2, -0.15) is 13.2 Å². The maximum absolute atomic E-state index is 12.4. The van der Waals surface area contributed by atoms with E-state index >= 15 is 0 Å². The van der Waals surface area contributed by atoms with Crippen LogP contribution in [0, 0.1) is 0 Å². The topological polar surface area (TPSA) is 51.1 Å². The Hall–Kier alpha value is -2.22. The van der Waals surface area contributed by atoms with Gasteiger partial charge in [0, 0.05) is 60.7 Å². The van der Waals surface area contributed by atoms with Crippen molar-refractivity contribution in [2.45, 2.75) is 51.9 Å². The van der Waals surface area contributed by atoms with Crippen molar-refractivity contribution in [1.29, 1.82) is 0 Å². The van der Waals surface area contributed by atoms with Crippen molar-refractivity contribution in [3.63, 3.8) is 0 Å². The molecule has 8 heteroatoms. The van der Waals surface area contributed by atoms with Crippen LogP contribution >= 0.6 is 0 Å². The van der Waals surface area contributed by atoms with Gasteiger partial charge in [-0.15, -0.1) is 0 Å². The summed E-state index contributed by atoms with van der Waals surface area (Å²) in [6.45, 7) is 6.76. The van der Waals surface area contributed by atoms with Gasteiger partial charge in [0.15, 0.2) is 6.61 Å². The smallest absolute Gasteiger partial charge is 0.422 e. The van der Waals surface area contributed by atoms with E-state index in [0.29, 0.717) is 18.7 Å². The molecular formula is C19H23F3N4O. The first kappa shape index (κ1) is 19.5. The predicted molar refractivity (Wildman–Crippen MR) is 94.3 cm³/mol. The lowest BCUT2D eigenvalue weighted by Crippen LogP contribution is -2.32. The molecule has 0 spiro atoms. The zero-order chi connectivity index (χ0) is 19.7. The standard InChI is InChI=1S/C19H23F3N4O/c1-18(2,3)17-24-9-14-11-26(8-6-15(14)25-17)10-13-5-4-7-23-16(13)27-12-19(20,21)22/h4-5,7,9H,6,8,10-12H2,1-3H3. The quantitative estimate of drug-likeness (QED) is 0.810. The van der Waals surface area contributed by atoms with Crippen molar-refractivity contribution in [1.82, 2.24) is 19.9 Å². The van der Waals surface area contributed by atoms with Crippen LogP contribution in [0.15, 0.2) is 24.5 Å². The lowest BCUT2D eigenvalue weighted by molar-refractivity contribution is -0.154. The minimum atomic E-state index is -4.39. The first-order valence-electron chi connectivity index (χ1n) is 8.83. The average Bonchev–Trinajstić information content (AvgIpc) is 2.59. The van der Waals surface area contributed by atoms with Crippen LogP contribution in [-0.2, 0) is 24.9 Å². The van der Waals surface area contributed by atoms with E-state index in [1.165, 1.54) is 6.20 Å². The molecule has 0 unspecified atom stereocenters. The molecule has 0 N–H and O–H groups in total. The number of hydrogen-bond donors (Lipinski definition) is 0. The van der Waals surface area contributed by atoms with Crippen LogP contribution in [0.1, 0.15) is 43.4 Å². The Morgan fingerprint density at radius 3 is 2.67 bits per heavy atom. The Bertz CT molecular complexity index is 802. The minimum Gasteiger partial charge on any atom is -0.468 e. The highest BCUT2D eigenvalue weighted by atomic mass is 19.4. The summed E-state index contributed by atoms with van der Waals surface area (Å²) in [6, 6.07) is 3.44. The van der Waals surface area contributed by atoms with Crippen LogP contribution in [0.25, 0.3) is 0 Å². The van der Waals surface area contributed by atoms with Crippen molar-refractivity contribution >= 4 is 0 Å². The molecule has 2 aromatic rings. The van der Waals surface area contributed by atoms with Crippen LogP contribution in [0.4, 0.5) is 13.2 Å². The Labute approximate surface area is 156 Å². The fraction of sp³-hybridized carbons (Fsp3) is 0.526. The predicted octanol–water partition coefficient (Wildman–Crippen LogP) is 3.67.